The van der Waals surface area contributed by atoms with E-state index >= 15 is 0 Å². The lowest BCUT2D eigenvalue weighted by atomic mass is 10.1. The standard InChI is InChI=1S/C12H17ClFNOS/c1-4-12(15-17(16)8(2)3)10-6-5-9(13)7-11(10)14/h5-8,12,15H,4H2,1-3H3/t12-,17?/m1/s1. The van der Waals surface area contributed by atoms with Crippen molar-refractivity contribution in [1.29, 1.82) is 0 Å². The summed E-state index contributed by atoms with van der Waals surface area (Å²) in [6.07, 6.45) is 0.664. The molecule has 1 aromatic rings. The van der Waals surface area contributed by atoms with Gasteiger partial charge in [-0.1, -0.05) is 24.6 Å². The van der Waals surface area contributed by atoms with Crippen molar-refractivity contribution in [2.24, 2.45) is 0 Å². The molecule has 0 saturated carbocycles. The molecular formula is C12H17ClFNOS. The van der Waals surface area contributed by atoms with E-state index in [2.05, 4.69) is 4.72 Å². The van der Waals surface area contributed by atoms with Crippen molar-refractivity contribution in [1.82, 2.24) is 4.72 Å². The Morgan fingerprint density at radius 1 is 1.47 bits per heavy atom. The van der Waals surface area contributed by atoms with Crippen LogP contribution in [0.1, 0.15) is 38.8 Å². The molecule has 0 spiro atoms. The SMILES string of the molecule is CC[C@@H](NS(=O)C(C)C)c1ccc(Cl)cc1F. The van der Waals surface area contributed by atoms with Crippen LogP contribution >= 0.6 is 11.6 Å². The van der Waals surface area contributed by atoms with Crippen molar-refractivity contribution in [2.45, 2.75) is 38.5 Å². The van der Waals surface area contributed by atoms with Gasteiger partial charge in [0.15, 0.2) is 0 Å². The van der Waals surface area contributed by atoms with Gasteiger partial charge < -0.3 is 0 Å². The van der Waals surface area contributed by atoms with Crippen LogP contribution in [0.5, 0.6) is 0 Å². The second-order valence-electron chi connectivity index (χ2n) is 4.09. The van der Waals surface area contributed by atoms with Gasteiger partial charge in [-0.05, 0) is 32.4 Å². The largest absolute Gasteiger partial charge is 0.243 e. The molecular weight excluding hydrogens is 261 g/mol. The predicted octanol–water partition coefficient (Wildman–Crippen LogP) is 3.59. The first kappa shape index (κ1) is 14.6. The second kappa shape index (κ2) is 6.47. The van der Waals surface area contributed by atoms with Crippen LogP contribution in [0, 0.1) is 5.82 Å². The van der Waals surface area contributed by atoms with Crippen LogP contribution in [0.2, 0.25) is 5.02 Å². The Bertz CT molecular complexity index is 411. The van der Waals surface area contributed by atoms with Gasteiger partial charge in [-0.3, -0.25) is 0 Å². The summed E-state index contributed by atoms with van der Waals surface area (Å²) in [5, 5.41) is 0.366. The lowest BCUT2D eigenvalue weighted by Crippen LogP contribution is -2.28. The smallest absolute Gasteiger partial charge is 0.129 e. The summed E-state index contributed by atoms with van der Waals surface area (Å²) in [6, 6.07) is 4.30. The van der Waals surface area contributed by atoms with Gasteiger partial charge in [0.05, 0.1) is 11.0 Å². The van der Waals surface area contributed by atoms with Crippen LogP contribution in [0.3, 0.4) is 0 Å². The first-order chi connectivity index (χ1) is 7.95. The Morgan fingerprint density at radius 2 is 2.12 bits per heavy atom. The number of rotatable bonds is 5. The van der Waals surface area contributed by atoms with E-state index in [-0.39, 0.29) is 17.1 Å². The highest BCUT2D eigenvalue weighted by atomic mass is 35.5. The Hall–Kier alpha value is -0.450. The zero-order chi connectivity index (χ0) is 13.0. The molecule has 0 radical (unpaired) electrons. The normalized spacial score (nSPS) is 14.9. The van der Waals surface area contributed by atoms with Crippen molar-refractivity contribution in [3.63, 3.8) is 0 Å². The molecule has 0 aliphatic carbocycles. The predicted molar refractivity (Wildman–Crippen MR) is 70.9 cm³/mol. The van der Waals surface area contributed by atoms with Gasteiger partial charge in [0, 0.05) is 21.9 Å². The highest BCUT2D eigenvalue weighted by Gasteiger charge is 2.17. The Labute approximate surface area is 109 Å². The van der Waals surface area contributed by atoms with E-state index in [1.807, 2.05) is 20.8 Å². The summed E-state index contributed by atoms with van der Waals surface area (Å²) < 4.78 is 28.4. The highest BCUT2D eigenvalue weighted by molar-refractivity contribution is 7.83. The van der Waals surface area contributed by atoms with Crippen LogP contribution < -0.4 is 4.72 Å². The molecule has 2 atom stereocenters. The molecule has 0 fully saturated rings. The molecule has 0 bridgehead atoms. The molecule has 5 heteroatoms. The number of hydrogen-bond acceptors (Lipinski definition) is 1. The Morgan fingerprint density at radius 3 is 2.59 bits per heavy atom. The summed E-state index contributed by atoms with van der Waals surface area (Å²) in [5.41, 5.74) is 0.505. The summed E-state index contributed by atoms with van der Waals surface area (Å²) in [4.78, 5) is 0. The van der Waals surface area contributed by atoms with Crippen molar-refractivity contribution in [3.8, 4) is 0 Å². The van der Waals surface area contributed by atoms with E-state index in [1.54, 1.807) is 12.1 Å². The third-order valence-corrected chi connectivity index (χ3v) is 4.04. The Balaban J connectivity index is 2.90. The van der Waals surface area contributed by atoms with Crippen LogP contribution in [-0.2, 0) is 11.0 Å². The van der Waals surface area contributed by atoms with Crippen molar-refractivity contribution in [3.05, 3.63) is 34.6 Å². The molecule has 1 unspecified atom stereocenters. The first-order valence-corrected chi connectivity index (χ1v) is 7.16. The minimum atomic E-state index is -1.17. The first-order valence-electron chi connectivity index (χ1n) is 5.57. The van der Waals surface area contributed by atoms with E-state index in [4.69, 9.17) is 11.6 Å². The average Bonchev–Trinajstić information content (AvgIpc) is 2.26. The van der Waals surface area contributed by atoms with Crippen LogP contribution in [-0.4, -0.2) is 9.46 Å². The fraction of sp³-hybridized carbons (Fsp3) is 0.500. The van der Waals surface area contributed by atoms with Gasteiger partial charge in [0.2, 0.25) is 0 Å². The molecule has 2 nitrogen and oxygen atoms in total. The molecule has 0 saturated heterocycles. The molecule has 1 rings (SSSR count). The summed E-state index contributed by atoms with van der Waals surface area (Å²) in [7, 11) is -1.17. The van der Waals surface area contributed by atoms with Crippen LogP contribution in [0.25, 0.3) is 0 Å². The monoisotopic (exact) mass is 277 g/mol. The van der Waals surface area contributed by atoms with Gasteiger partial charge in [-0.25, -0.2) is 13.3 Å². The van der Waals surface area contributed by atoms with E-state index in [1.165, 1.54) is 6.07 Å². The van der Waals surface area contributed by atoms with Gasteiger partial charge in [-0.2, -0.15) is 0 Å². The van der Waals surface area contributed by atoms with Crippen molar-refractivity contribution in [2.75, 3.05) is 0 Å². The van der Waals surface area contributed by atoms with Crippen LogP contribution in [0.15, 0.2) is 18.2 Å². The fourth-order valence-electron chi connectivity index (χ4n) is 1.43. The highest BCUT2D eigenvalue weighted by Crippen LogP contribution is 2.23. The molecule has 0 aromatic heterocycles. The van der Waals surface area contributed by atoms with Gasteiger partial charge in [0.25, 0.3) is 0 Å². The zero-order valence-corrected chi connectivity index (χ0v) is 11.7. The van der Waals surface area contributed by atoms with Crippen LogP contribution in [0.4, 0.5) is 4.39 Å². The molecule has 0 aliphatic heterocycles. The van der Waals surface area contributed by atoms with Crippen molar-refractivity contribution < 1.29 is 8.60 Å². The summed E-state index contributed by atoms with van der Waals surface area (Å²) in [5.74, 6) is -0.363. The molecule has 1 N–H and O–H groups in total. The van der Waals surface area contributed by atoms with Gasteiger partial charge in [0.1, 0.15) is 5.82 Å². The van der Waals surface area contributed by atoms with Crippen molar-refractivity contribution >= 4 is 22.6 Å². The zero-order valence-electron chi connectivity index (χ0n) is 10.2. The summed E-state index contributed by atoms with van der Waals surface area (Å²) in [6.45, 7) is 5.63. The average molecular weight is 278 g/mol. The molecule has 17 heavy (non-hydrogen) atoms. The van der Waals surface area contributed by atoms with E-state index < -0.39 is 11.0 Å². The molecule has 96 valence electrons. The number of hydrogen-bond donors (Lipinski definition) is 1. The lowest BCUT2D eigenvalue weighted by Gasteiger charge is -2.19. The minimum Gasteiger partial charge on any atom is -0.243 e. The maximum absolute atomic E-state index is 13.7. The van der Waals surface area contributed by atoms with E-state index in [9.17, 15) is 8.60 Å². The molecule has 0 aliphatic rings. The molecule has 1 aromatic carbocycles. The van der Waals surface area contributed by atoms with Gasteiger partial charge in [-0.15, -0.1) is 0 Å². The minimum absolute atomic E-state index is 0.000545. The maximum atomic E-state index is 13.7. The second-order valence-corrected chi connectivity index (χ2v) is 6.30. The molecule has 0 heterocycles. The number of benzene rings is 1. The van der Waals surface area contributed by atoms with Gasteiger partial charge >= 0.3 is 0 Å². The third kappa shape index (κ3) is 4.05. The lowest BCUT2D eigenvalue weighted by molar-refractivity contribution is 0.551. The Kier molecular flexibility index (Phi) is 5.56. The summed E-state index contributed by atoms with van der Waals surface area (Å²) >= 11 is 5.70. The fourth-order valence-corrected chi connectivity index (χ4v) is 2.43. The van der Waals surface area contributed by atoms with E-state index in [0.717, 1.165) is 0 Å². The third-order valence-electron chi connectivity index (χ3n) is 2.43. The quantitative estimate of drug-likeness (QED) is 0.875. The topological polar surface area (TPSA) is 29.1 Å². The number of halogens is 2. The number of nitrogens with one attached hydrogen (secondary N) is 1. The maximum Gasteiger partial charge on any atom is 0.129 e. The molecule has 0 amide bonds. The van der Waals surface area contributed by atoms with E-state index in [0.29, 0.717) is 17.0 Å².